The number of quaternary nitrogens is 1. The lowest BCUT2D eigenvalue weighted by Crippen LogP contribution is -2.53. The predicted octanol–water partition coefficient (Wildman–Crippen LogP) is 6.54. The van der Waals surface area contributed by atoms with Gasteiger partial charge in [-0.05, 0) is 50.6 Å². The van der Waals surface area contributed by atoms with Crippen LogP contribution in [0.5, 0.6) is 0 Å². The molecule has 5 aromatic rings. The first-order chi connectivity index (χ1) is 16.1. The van der Waals surface area contributed by atoms with Crippen molar-refractivity contribution < 1.29 is 4.42 Å². The summed E-state index contributed by atoms with van der Waals surface area (Å²) >= 11 is 0. The third-order valence-electron chi connectivity index (χ3n) is 7.06. The molecule has 0 spiro atoms. The van der Waals surface area contributed by atoms with Crippen molar-refractivity contribution in [2.45, 2.75) is 33.9 Å². The van der Waals surface area contributed by atoms with E-state index in [1.807, 2.05) is 13.0 Å². The molecule has 0 saturated heterocycles. The number of anilines is 2. The molecule has 4 heterocycles. The molecule has 2 atom stereocenters. The number of rotatable bonds is 3. The van der Waals surface area contributed by atoms with Crippen molar-refractivity contribution in [3.63, 3.8) is 0 Å². The summed E-state index contributed by atoms with van der Waals surface area (Å²) < 4.78 is 7.02. The summed E-state index contributed by atoms with van der Waals surface area (Å²) in [4.78, 5) is 16.7. The highest BCUT2D eigenvalue weighted by molar-refractivity contribution is 6.09. The average Bonchev–Trinajstić information content (AvgIpc) is 3.32. The van der Waals surface area contributed by atoms with Crippen LogP contribution in [-0.4, -0.2) is 27.7 Å². The SMILES string of the molecule is CC[N+]1(c2ccccc2)c2nccnc2N(c2c(C)ccc3c2oc2nc(C)ccc23)[C@H]1C. The maximum absolute atomic E-state index is 6.42. The molecule has 1 aliphatic heterocycles. The molecule has 0 fully saturated rings. The first-order valence-corrected chi connectivity index (χ1v) is 11.4. The fourth-order valence-electron chi connectivity index (χ4n) is 5.44. The van der Waals surface area contributed by atoms with Gasteiger partial charge in [-0.25, -0.2) is 14.5 Å². The molecular weight excluding hydrogens is 410 g/mol. The maximum Gasteiger partial charge on any atom is 0.278 e. The summed E-state index contributed by atoms with van der Waals surface area (Å²) in [7, 11) is 0. The van der Waals surface area contributed by atoms with Gasteiger partial charge in [-0.2, -0.15) is 4.98 Å². The van der Waals surface area contributed by atoms with E-state index in [1.165, 1.54) is 5.69 Å². The summed E-state index contributed by atoms with van der Waals surface area (Å²) in [6.45, 7) is 9.43. The smallest absolute Gasteiger partial charge is 0.278 e. The van der Waals surface area contributed by atoms with Crippen LogP contribution in [0.4, 0.5) is 23.0 Å². The first kappa shape index (κ1) is 19.9. The number of furan rings is 1. The molecule has 6 heteroatoms. The molecule has 164 valence electrons. The number of nitrogens with zero attached hydrogens (tertiary/aromatic N) is 5. The van der Waals surface area contributed by atoms with Crippen LogP contribution in [-0.2, 0) is 0 Å². The second-order valence-electron chi connectivity index (χ2n) is 8.74. The number of aromatic nitrogens is 3. The molecule has 0 saturated carbocycles. The molecule has 2 aromatic carbocycles. The van der Waals surface area contributed by atoms with Crippen LogP contribution in [0.2, 0.25) is 0 Å². The highest BCUT2D eigenvalue weighted by atomic mass is 16.3. The Labute approximate surface area is 192 Å². The first-order valence-electron chi connectivity index (χ1n) is 11.4. The predicted molar refractivity (Wildman–Crippen MR) is 133 cm³/mol. The van der Waals surface area contributed by atoms with Crippen LogP contribution in [0.25, 0.3) is 22.1 Å². The summed E-state index contributed by atoms with van der Waals surface area (Å²) in [5.41, 5.74) is 5.81. The van der Waals surface area contributed by atoms with E-state index < -0.39 is 0 Å². The monoisotopic (exact) mass is 436 g/mol. The zero-order valence-corrected chi connectivity index (χ0v) is 19.3. The molecular formula is C27H26N5O+. The largest absolute Gasteiger partial charge is 0.435 e. The lowest BCUT2D eigenvalue weighted by atomic mass is 10.1. The van der Waals surface area contributed by atoms with E-state index in [0.717, 1.165) is 51.5 Å². The highest BCUT2D eigenvalue weighted by Crippen LogP contribution is 2.53. The van der Waals surface area contributed by atoms with Crippen molar-refractivity contribution in [3.05, 3.63) is 78.2 Å². The Balaban J connectivity index is 1.67. The summed E-state index contributed by atoms with van der Waals surface area (Å²) in [5, 5.41) is 2.10. The van der Waals surface area contributed by atoms with Gasteiger partial charge in [0.15, 0.2) is 11.7 Å². The van der Waals surface area contributed by atoms with Gasteiger partial charge in [0.2, 0.25) is 11.5 Å². The molecule has 33 heavy (non-hydrogen) atoms. The normalized spacial score (nSPS) is 20.0. The Morgan fingerprint density at radius 1 is 0.939 bits per heavy atom. The second kappa shape index (κ2) is 7.12. The van der Waals surface area contributed by atoms with Gasteiger partial charge in [-0.1, -0.05) is 30.3 Å². The standard InChI is InChI=1S/C27H26N5O/c1-5-32(20-9-7-6-8-10-20)19(4)31(25-26(32)29-16-15-28-25)23-17(2)11-13-21-22-14-12-18(3)30-27(22)33-24(21)23/h6-16,19H,5H2,1-4H3/q+1/t19-,32?/m1/s1. The molecule has 0 radical (unpaired) electrons. The number of hydrogen-bond donors (Lipinski definition) is 0. The van der Waals surface area contributed by atoms with E-state index in [0.29, 0.717) is 10.2 Å². The van der Waals surface area contributed by atoms with E-state index in [9.17, 15) is 0 Å². The Morgan fingerprint density at radius 3 is 2.48 bits per heavy atom. The number of fused-ring (bicyclic) bond motifs is 4. The zero-order valence-electron chi connectivity index (χ0n) is 19.3. The van der Waals surface area contributed by atoms with Crippen molar-refractivity contribution in [2.24, 2.45) is 0 Å². The van der Waals surface area contributed by atoms with E-state index in [2.05, 4.69) is 79.2 Å². The topological polar surface area (TPSA) is 55.1 Å². The molecule has 6 nitrogen and oxygen atoms in total. The van der Waals surface area contributed by atoms with Crippen molar-refractivity contribution in [1.82, 2.24) is 19.4 Å². The van der Waals surface area contributed by atoms with Gasteiger partial charge >= 0.3 is 0 Å². The summed E-state index contributed by atoms with van der Waals surface area (Å²) in [6.07, 6.45) is 3.60. The quantitative estimate of drug-likeness (QED) is 0.300. The van der Waals surface area contributed by atoms with E-state index in [1.54, 1.807) is 12.4 Å². The molecule has 0 bridgehead atoms. The van der Waals surface area contributed by atoms with Gasteiger partial charge in [0, 0.05) is 29.6 Å². The Hall–Kier alpha value is -3.77. The molecule has 1 unspecified atom stereocenters. The molecule has 3 aromatic heterocycles. The van der Waals surface area contributed by atoms with E-state index in [-0.39, 0.29) is 6.17 Å². The van der Waals surface area contributed by atoms with Gasteiger partial charge in [-0.15, -0.1) is 0 Å². The van der Waals surface area contributed by atoms with Crippen LogP contribution in [0.1, 0.15) is 25.1 Å². The molecule has 0 N–H and O–H groups in total. The van der Waals surface area contributed by atoms with Gasteiger partial charge in [0.25, 0.3) is 5.82 Å². The number of benzene rings is 2. The fourth-order valence-corrected chi connectivity index (χ4v) is 5.44. The summed E-state index contributed by atoms with van der Waals surface area (Å²) in [6, 6.07) is 19.0. The van der Waals surface area contributed by atoms with Crippen LogP contribution in [0.15, 0.2) is 71.4 Å². The van der Waals surface area contributed by atoms with Crippen molar-refractivity contribution >= 4 is 45.1 Å². The van der Waals surface area contributed by atoms with Crippen molar-refractivity contribution in [3.8, 4) is 0 Å². The van der Waals surface area contributed by atoms with Gasteiger partial charge in [-0.3, -0.25) is 4.90 Å². The molecule has 0 aliphatic carbocycles. The number of hydrogen-bond acceptors (Lipinski definition) is 5. The average molecular weight is 437 g/mol. The summed E-state index contributed by atoms with van der Waals surface area (Å²) in [5.74, 6) is 1.83. The van der Waals surface area contributed by atoms with Gasteiger partial charge < -0.3 is 4.42 Å². The Kier molecular flexibility index (Phi) is 4.29. The lowest BCUT2D eigenvalue weighted by molar-refractivity contribution is 0.336. The highest BCUT2D eigenvalue weighted by Gasteiger charge is 2.53. The Morgan fingerprint density at radius 2 is 1.70 bits per heavy atom. The fraction of sp³-hybridized carbons (Fsp3) is 0.222. The van der Waals surface area contributed by atoms with Crippen LogP contribution >= 0.6 is 0 Å². The van der Waals surface area contributed by atoms with Gasteiger partial charge in [0.1, 0.15) is 5.69 Å². The number of para-hydroxylation sites is 1. The minimum Gasteiger partial charge on any atom is -0.435 e. The molecule has 1 aliphatic rings. The molecule has 0 amide bonds. The minimum atomic E-state index is 0.0296. The third kappa shape index (κ3) is 2.61. The minimum absolute atomic E-state index is 0.0296. The van der Waals surface area contributed by atoms with Crippen molar-refractivity contribution in [2.75, 3.05) is 11.4 Å². The van der Waals surface area contributed by atoms with E-state index in [4.69, 9.17) is 14.4 Å². The zero-order chi connectivity index (χ0) is 22.7. The number of pyridine rings is 1. The van der Waals surface area contributed by atoms with E-state index >= 15 is 0 Å². The van der Waals surface area contributed by atoms with Crippen LogP contribution < -0.4 is 9.38 Å². The maximum atomic E-state index is 6.42. The van der Waals surface area contributed by atoms with Gasteiger partial charge in [0.05, 0.1) is 18.4 Å². The van der Waals surface area contributed by atoms with Crippen LogP contribution in [0, 0.1) is 13.8 Å². The number of aryl methyl sites for hydroxylation is 2. The van der Waals surface area contributed by atoms with Crippen LogP contribution in [0.3, 0.4) is 0 Å². The lowest BCUT2D eigenvalue weighted by Gasteiger charge is -2.37. The molecule has 6 rings (SSSR count). The van der Waals surface area contributed by atoms with Crippen molar-refractivity contribution in [1.29, 1.82) is 0 Å². The third-order valence-corrected chi connectivity index (χ3v) is 7.06. The Bertz CT molecular complexity index is 1510. The second-order valence-corrected chi connectivity index (χ2v) is 8.74.